The van der Waals surface area contributed by atoms with Crippen LogP contribution in [-0.2, 0) is 26.2 Å². The molecule has 0 heterocycles. The molecule has 3 aromatic rings. The molecule has 1 aliphatic rings. The van der Waals surface area contributed by atoms with Crippen LogP contribution in [-0.4, -0.2) is 65.1 Å². The molecule has 1 saturated carbocycles. The number of rotatable bonds is 14. The van der Waals surface area contributed by atoms with E-state index >= 15 is 0 Å². The van der Waals surface area contributed by atoms with Crippen LogP contribution < -0.4 is 23.8 Å². The first-order valence-corrected chi connectivity index (χ1v) is 16.6. The molecule has 4 rings (SSSR count). The third kappa shape index (κ3) is 8.08. The van der Waals surface area contributed by atoms with Gasteiger partial charge in [-0.15, -0.1) is 0 Å². The van der Waals surface area contributed by atoms with Gasteiger partial charge in [-0.2, -0.15) is 0 Å². The second-order valence-corrected chi connectivity index (χ2v) is 13.0. The van der Waals surface area contributed by atoms with Crippen molar-refractivity contribution in [3.63, 3.8) is 0 Å². The summed E-state index contributed by atoms with van der Waals surface area (Å²) in [6, 6.07) is 17.6. The van der Waals surface area contributed by atoms with Gasteiger partial charge in [0, 0.05) is 18.7 Å². The standard InChI is InChI=1S/C34H43N3O7S/c1-6-30(34(39)35-26-11-7-8-12-26)36(22-25-10-9-13-27(20-25)42-3)33(38)23-37(31-21-28(43-4)16-19-32(31)44-5)45(40,41)29-17-14-24(2)15-18-29/h9-10,13-21,26,30H,6-8,11-12,22-23H2,1-5H3,(H,35,39). The first-order chi connectivity index (χ1) is 21.6. The van der Waals surface area contributed by atoms with Gasteiger partial charge in [-0.25, -0.2) is 8.42 Å². The molecule has 3 aromatic carbocycles. The Labute approximate surface area is 266 Å². The number of carbonyl (C=O) groups excluding carboxylic acids is 2. The van der Waals surface area contributed by atoms with E-state index in [1.807, 2.05) is 26.0 Å². The van der Waals surface area contributed by atoms with Gasteiger partial charge in [-0.3, -0.25) is 13.9 Å². The third-order valence-corrected chi connectivity index (χ3v) is 9.89. The van der Waals surface area contributed by atoms with E-state index in [1.165, 1.54) is 37.3 Å². The Hall–Kier alpha value is -4.25. The molecular formula is C34H43N3O7S. The molecule has 1 atom stereocenters. The average Bonchev–Trinajstić information content (AvgIpc) is 3.56. The Morgan fingerprint density at radius 2 is 1.58 bits per heavy atom. The molecule has 45 heavy (non-hydrogen) atoms. The molecule has 2 amide bonds. The van der Waals surface area contributed by atoms with Crippen molar-refractivity contribution in [2.75, 3.05) is 32.2 Å². The Balaban J connectivity index is 1.79. The quantitative estimate of drug-likeness (QED) is 0.262. The number of anilines is 1. The van der Waals surface area contributed by atoms with Crippen LogP contribution in [0.15, 0.2) is 71.6 Å². The van der Waals surface area contributed by atoms with E-state index in [0.717, 1.165) is 41.1 Å². The molecule has 0 bridgehead atoms. The number of nitrogens with zero attached hydrogens (tertiary/aromatic N) is 2. The molecule has 0 spiro atoms. The van der Waals surface area contributed by atoms with E-state index < -0.39 is 28.5 Å². The van der Waals surface area contributed by atoms with Crippen LogP contribution >= 0.6 is 0 Å². The number of benzene rings is 3. The van der Waals surface area contributed by atoms with E-state index in [-0.39, 0.29) is 34.8 Å². The minimum Gasteiger partial charge on any atom is -0.497 e. The van der Waals surface area contributed by atoms with E-state index in [1.54, 1.807) is 43.5 Å². The van der Waals surface area contributed by atoms with Crippen molar-refractivity contribution in [2.45, 2.75) is 69.5 Å². The van der Waals surface area contributed by atoms with Crippen molar-refractivity contribution >= 4 is 27.5 Å². The predicted molar refractivity (Wildman–Crippen MR) is 173 cm³/mol. The molecule has 11 heteroatoms. The van der Waals surface area contributed by atoms with Crippen LogP contribution in [0.2, 0.25) is 0 Å². The summed E-state index contributed by atoms with van der Waals surface area (Å²) in [7, 11) is 0.177. The molecule has 0 aromatic heterocycles. The summed E-state index contributed by atoms with van der Waals surface area (Å²) in [5.41, 5.74) is 1.76. The maximum absolute atomic E-state index is 14.5. The highest BCUT2D eigenvalue weighted by Gasteiger charge is 2.35. The fourth-order valence-electron chi connectivity index (χ4n) is 5.60. The van der Waals surface area contributed by atoms with E-state index in [2.05, 4.69) is 5.32 Å². The number of sulfonamides is 1. The van der Waals surface area contributed by atoms with Crippen molar-refractivity contribution in [3.8, 4) is 17.2 Å². The Morgan fingerprint density at radius 3 is 2.20 bits per heavy atom. The third-order valence-electron chi connectivity index (χ3n) is 8.12. The highest BCUT2D eigenvalue weighted by molar-refractivity contribution is 7.92. The maximum Gasteiger partial charge on any atom is 0.264 e. The molecule has 10 nitrogen and oxygen atoms in total. The molecular weight excluding hydrogens is 594 g/mol. The van der Waals surface area contributed by atoms with Gasteiger partial charge >= 0.3 is 0 Å². The van der Waals surface area contributed by atoms with Crippen LogP contribution in [0.5, 0.6) is 17.2 Å². The van der Waals surface area contributed by atoms with Gasteiger partial charge < -0.3 is 24.4 Å². The zero-order valence-electron chi connectivity index (χ0n) is 26.6. The fourth-order valence-corrected chi connectivity index (χ4v) is 7.01. The SMILES string of the molecule is CCC(C(=O)NC1CCCC1)N(Cc1cccc(OC)c1)C(=O)CN(c1cc(OC)ccc1OC)S(=O)(=O)c1ccc(C)cc1. The molecule has 0 radical (unpaired) electrons. The average molecular weight is 638 g/mol. The second-order valence-electron chi connectivity index (χ2n) is 11.1. The van der Waals surface area contributed by atoms with Gasteiger partial charge in [0.05, 0.1) is 31.9 Å². The number of hydrogen-bond acceptors (Lipinski definition) is 7. The second kappa shape index (κ2) is 15.2. The zero-order chi connectivity index (χ0) is 32.6. The van der Waals surface area contributed by atoms with Gasteiger partial charge in [-0.1, -0.05) is 49.6 Å². The number of ether oxygens (including phenoxy) is 3. The van der Waals surface area contributed by atoms with Crippen molar-refractivity contribution in [3.05, 3.63) is 77.9 Å². The summed E-state index contributed by atoms with van der Waals surface area (Å²) in [6.07, 6.45) is 4.21. The van der Waals surface area contributed by atoms with Crippen LogP contribution in [0, 0.1) is 6.92 Å². The summed E-state index contributed by atoms with van der Waals surface area (Å²) in [4.78, 5) is 29.6. The Bertz CT molecular complexity index is 1570. The lowest BCUT2D eigenvalue weighted by molar-refractivity contribution is -0.140. The molecule has 242 valence electrons. The first-order valence-electron chi connectivity index (χ1n) is 15.2. The minimum atomic E-state index is -4.28. The smallest absolute Gasteiger partial charge is 0.264 e. The van der Waals surface area contributed by atoms with Crippen LogP contribution in [0.1, 0.15) is 50.2 Å². The van der Waals surface area contributed by atoms with E-state index in [0.29, 0.717) is 17.9 Å². The largest absolute Gasteiger partial charge is 0.497 e. The summed E-state index contributed by atoms with van der Waals surface area (Å²) < 4.78 is 45.9. The molecule has 1 unspecified atom stereocenters. The summed E-state index contributed by atoms with van der Waals surface area (Å²) in [6.45, 7) is 3.19. The summed E-state index contributed by atoms with van der Waals surface area (Å²) in [5.74, 6) is 0.426. The highest BCUT2D eigenvalue weighted by atomic mass is 32.2. The molecule has 1 N–H and O–H groups in total. The molecule has 0 saturated heterocycles. The monoisotopic (exact) mass is 637 g/mol. The number of nitrogens with one attached hydrogen (secondary N) is 1. The van der Waals surface area contributed by atoms with Crippen LogP contribution in [0.4, 0.5) is 5.69 Å². The van der Waals surface area contributed by atoms with Gasteiger partial charge in [0.25, 0.3) is 10.0 Å². The lowest BCUT2D eigenvalue weighted by atomic mass is 10.1. The predicted octanol–water partition coefficient (Wildman–Crippen LogP) is 5.08. The van der Waals surface area contributed by atoms with Gasteiger partial charge in [0.15, 0.2) is 0 Å². The fraction of sp³-hybridized carbons (Fsp3) is 0.412. The van der Waals surface area contributed by atoms with Crippen molar-refractivity contribution in [1.29, 1.82) is 0 Å². The maximum atomic E-state index is 14.5. The highest BCUT2D eigenvalue weighted by Crippen LogP contribution is 2.36. The lowest BCUT2D eigenvalue weighted by Crippen LogP contribution is -2.53. The number of amides is 2. The Morgan fingerprint density at radius 1 is 0.911 bits per heavy atom. The number of hydrogen-bond donors (Lipinski definition) is 1. The van der Waals surface area contributed by atoms with Gasteiger partial charge in [0.1, 0.15) is 29.8 Å². The van der Waals surface area contributed by atoms with Gasteiger partial charge in [-0.05, 0) is 68.1 Å². The van der Waals surface area contributed by atoms with Crippen LogP contribution in [0.3, 0.4) is 0 Å². The Kier molecular flexibility index (Phi) is 11.3. The lowest BCUT2D eigenvalue weighted by Gasteiger charge is -2.34. The first kappa shape index (κ1) is 33.6. The zero-order valence-corrected chi connectivity index (χ0v) is 27.4. The van der Waals surface area contributed by atoms with E-state index in [9.17, 15) is 18.0 Å². The topological polar surface area (TPSA) is 114 Å². The number of aryl methyl sites for hydroxylation is 1. The molecule has 1 aliphatic carbocycles. The van der Waals surface area contributed by atoms with Crippen molar-refractivity contribution < 1.29 is 32.2 Å². The molecule has 0 aliphatic heterocycles. The van der Waals surface area contributed by atoms with Crippen molar-refractivity contribution in [2.24, 2.45) is 0 Å². The minimum absolute atomic E-state index is 0.0103. The van der Waals surface area contributed by atoms with Crippen LogP contribution in [0.25, 0.3) is 0 Å². The molecule has 1 fully saturated rings. The van der Waals surface area contributed by atoms with E-state index in [4.69, 9.17) is 14.2 Å². The summed E-state index contributed by atoms with van der Waals surface area (Å²) in [5, 5.41) is 3.13. The number of carbonyl (C=O) groups is 2. The number of methoxy groups -OCH3 is 3. The van der Waals surface area contributed by atoms with Crippen molar-refractivity contribution in [1.82, 2.24) is 10.2 Å². The normalized spacial score (nSPS) is 14.0. The summed E-state index contributed by atoms with van der Waals surface area (Å²) >= 11 is 0. The van der Waals surface area contributed by atoms with Gasteiger partial charge in [0.2, 0.25) is 11.8 Å².